The van der Waals surface area contributed by atoms with Crippen LogP contribution in [0.3, 0.4) is 0 Å². The molecule has 1 heterocycles. The van der Waals surface area contributed by atoms with Crippen LogP contribution in [0.2, 0.25) is 0 Å². The van der Waals surface area contributed by atoms with E-state index in [1.807, 2.05) is 13.8 Å². The molecule has 1 saturated heterocycles. The molecule has 8 heteroatoms. The number of hydrogen-bond donors (Lipinski definition) is 1. The smallest absolute Gasteiger partial charge is 0.269 e. The Hall–Kier alpha value is -1.51. The SMILES string of the molecule is Cc1cc([N+](=O)[O-])ccc1S(=O)(=O)N1CC(O)(C(C)C)C1. The minimum absolute atomic E-state index is 0.0399. The summed E-state index contributed by atoms with van der Waals surface area (Å²) in [6.45, 7) is 5.28. The predicted molar refractivity (Wildman–Crippen MR) is 76.4 cm³/mol. The standard InChI is InChI=1S/C13H18N2O5S/c1-9(2)13(16)7-14(8-13)21(19,20)12-5-4-11(15(17)18)6-10(12)3/h4-6,9,16H,7-8H2,1-3H3. The number of rotatable bonds is 4. The minimum Gasteiger partial charge on any atom is -0.387 e. The van der Waals surface area contributed by atoms with Crippen molar-refractivity contribution in [1.82, 2.24) is 4.31 Å². The summed E-state index contributed by atoms with van der Waals surface area (Å²) in [5.41, 5.74) is -0.820. The van der Waals surface area contributed by atoms with E-state index in [-0.39, 0.29) is 29.6 Å². The largest absolute Gasteiger partial charge is 0.387 e. The van der Waals surface area contributed by atoms with Crippen LogP contribution in [0.4, 0.5) is 5.69 Å². The highest BCUT2D eigenvalue weighted by atomic mass is 32.2. The Morgan fingerprint density at radius 3 is 2.38 bits per heavy atom. The highest BCUT2D eigenvalue weighted by Gasteiger charge is 2.49. The average molecular weight is 314 g/mol. The van der Waals surface area contributed by atoms with Crippen LogP contribution < -0.4 is 0 Å². The summed E-state index contributed by atoms with van der Waals surface area (Å²) in [5, 5.41) is 20.8. The molecule has 1 fully saturated rings. The van der Waals surface area contributed by atoms with Gasteiger partial charge in [-0.3, -0.25) is 10.1 Å². The molecule has 7 nitrogen and oxygen atoms in total. The molecule has 0 aliphatic carbocycles. The number of aliphatic hydroxyl groups is 1. The molecule has 0 radical (unpaired) electrons. The summed E-state index contributed by atoms with van der Waals surface area (Å²) in [4.78, 5) is 10.2. The highest BCUT2D eigenvalue weighted by Crippen LogP contribution is 2.34. The Labute approximate surface area is 123 Å². The maximum atomic E-state index is 12.5. The lowest BCUT2D eigenvalue weighted by atomic mass is 9.85. The van der Waals surface area contributed by atoms with Gasteiger partial charge in [0.1, 0.15) is 0 Å². The Balaban J connectivity index is 2.28. The van der Waals surface area contributed by atoms with Crippen LogP contribution in [-0.4, -0.2) is 41.4 Å². The van der Waals surface area contributed by atoms with Gasteiger partial charge in [-0.2, -0.15) is 4.31 Å². The third-order valence-electron chi connectivity index (χ3n) is 3.96. The fourth-order valence-corrected chi connectivity index (χ4v) is 4.05. The van der Waals surface area contributed by atoms with E-state index in [1.165, 1.54) is 29.4 Å². The maximum Gasteiger partial charge on any atom is 0.269 e. The number of non-ortho nitro benzene ring substituents is 1. The highest BCUT2D eigenvalue weighted by molar-refractivity contribution is 7.89. The lowest BCUT2D eigenvalue weighted by molar-refractivity contribution is -0.385. The van der Waals surface area contributed by atoms with Gasteiger partial charge in [0.05, 0.1) is 15.4 Å². The molecule has 1 aromatic rings. The first-order valence-corrected chi connectivity index (χ1v) is 7.99. The van der Waals surface area contributed by atoms with Gasteiger partial charge in [-0.25, -0.2) is 8.42 Å². The molecule has 1 aliphatic heterocycles. The topological polar surface area (TPSA) is 101 Å². The van der Waals surface area contributed by atoms with E-state index in [4.69, 9.17) is 0 Å². The molecule has 0 bridgehead atoms. The normalized spacial score (nSPS) is 18.5. The Morgan fingerprint density at radius 2 is 1.95 bits per heavy atom. The van der Waals surface area contributed by atoms with Gasteiger partial charge in [0, 0.05) is 25.2 Å². The fraction of sp³-hybridized carbons (Fsp3) is 0.538. The molecule has 0 unspecified atom stereocenters. The monoisotopic (exact) mass is 314 g/mol. The van der Waals surface area contributed by atoms with Crippen LogP contribution in [0.1, 0.15) is 19.4 Å². The number of sulfonamides is 1. The zero-order valence-corrected chi connectivity index (χ0v) is 12.9. The van der Waals surface area contributed by atoms with E-state index in [9.17, 15) is 23.6 Å². The second-order valence-corrected chi connectivity index (χ2v) is 7.64. The van der Waals surface area contributed by atoms with E-state index in [2.05, 4.69) is 0 Å². The zero-order valence-electron chi connectivity index (χ0n) is 12.1. The van der Waals surface area contributed by atoms with Gasteiger partial charge in [-0.1, -0.05) is 13.8 Å². The van der Waals surface area contributed by atoms with Gasteiger partial charge < -0.3 is 5.11 Å². The molecule has 0 aromatic heterocycles. The van der Waals surface area contributed by atoms with Crippen LogP contribution >= 0.6 is 0 Å². The van der Waals surface area contributed by atoms with Crippen molar-refractivity contribution < 1.29 is 18.4 Å². The van der Waals surface area contributed by atoms with E-state index >= 15 is 0 Å². The molecule has 1 aromatic carbocycles. The van der Waals surface area contributed by atoms with Crippen molar-refractivity contribution in [3.8, 4) is 0 Å². The molecule has 116 valence electrons. The summed E-state index contributed by atoms with van der Waals surface area (Å²) in [7, 11) is -3.73. The number of aryl methyl sites for hydroxylation is 1. The Kier molecular flexibility index (Phi) is 3.81. The summed E-state index contributed by atoms with van der Waals surface area (Å²) in [6, 6.07) is 3.66. The van der Waals surface area contributed by atoms with Crippen LogP contribution in [-0.2, 0) is 10.0 Å². The first-order valence-electron chi connectivity index (χ1n) is 6.55. The lowest BCUT2D eigenvalue weighted by Crippen LogP contribution is -2.65. The van der Waals surface area contributed by atoms with Crippen molar-refractivity contribution in [1.29, 1.82) is 0 Å². The molecule has 0 spiro atoms. The number of β-amino-alcohol motifs (C(OH)–C–C–N with tert-alkyl or cyclic N) is 1. The third-order valence-corrected chi connectivity index (χ3v) is 5.91. The molecular weight excluding hydrogens is 296 g/mol. The van der Waals surface area contributed by atoms with Crippen molar-refractivity contribution in [3.63, 3.8) is 0 Å². The number of nitrogens with zero attached hydrogens (tertiary/aromatic N) is 2. The van der Waals surface area contributed by atoms with Crippen molar-refractivity contribution >= 4 is 15.7 Å². The van der Waals surface area contributed by atoms with E-state index in [0.717, 1.165) is 0 Å². The molecule has 1 aliphatic rings. The third kappa shape index (κ3) is 2.66. The molecular formula is C13H18N2O5S. The van der Waals surface area contributed by atoms with Crippen LogP contribution in [0, 0.1) is 23.0 Å². The molecule has 1 N–H and O–H groups in total. The second kappa shape index (κ2) is 5.04. The van der Waals surface area contributed by atoms with Crippen LogP contribution in [0.15, 0.2) is 23.1 Å². The lowest BCUT2D eigenvalue weighted by Gasteiger charge is -2.48. The quantitative estimate of drug-likeness (QED) is 0.666. The number of benzene rings is 1. The van der Waals surface area contributed by atoms with Gasteiger partial charge >= 0.3 is 0 Å². The Morgan fingerprint density at radius 1 is 1.38 bits per heavy atom. The summed E-state index contributed by atoms with van der Waals surface area (Å²) in [5.74, 6) is -0.0399. The van der Waals surface area contributed by atoms with E-state index in [1.54, 1.807) is 0 Å². The van der Waals surface area contributed by atoms with Crippen LogP contribution in [0.25, 0.3) is 0 Å². The van der Waals surface area contributed by atoms with E-state index < -0.39 is 20.5 Å². The maximum absolute atomic E-state index is 12.5. The molecule has 0 atom stereocenters. The number of nitro benzene ring substituents is 1. The van der Waals surface area contributed by atoms with Gasteiger partial charge in [-0.15, -0.1) is 0 Å². The fourth-order valence-electron chi connectivity index (χ4n) is 2.28. The average Bonchev–Trinajstić information content (AvgIpc) is 2.33. The minimum atomic E-state index is -3.73. The van der Waals surface area contributed by atoms with E-state index in [0.29, 0.717) is 5.56 Å². The summed E-state index contributed by atoms with van der Waals surface area (Å²) in [6.07, 6.45) is 0. The van der Waals surface area contributed by atoms with Gasteiger partial charge in [-0.05, 0) is 24.5 Å². The van der Waals surface area contributed by atoms with Gasteiger partial charge in [0.25, 0.3) is 5.69 Å². The van der Waals surface area contributed by atoms with Crippen molar-refractivity contribution in [2.45, 2.75) is 31.3 Å². The molecule has 0 amide bonds. The van der Waals surface area contributed by atoms with Crippen molar-refractivity contribution in [2.75, 3.05) is 13.1 Å². The molecule has 2 rings (SSSR count). The predicted octanol–water partition coefficient (Wildman–Crippen LogP) is 1.29. The second-order valence-electron chi connectivity index (χ2n) is 5.74. The van der Waals surface area contributed by atoms with Gasteiger partial charge in [0.2, 0.25) is 10.0 Å². The van der Waals surface area contributed by atoms with Crippen molar-refractivity contribution in [3.05, 3.63) is 33.9 Å². The molecule has 21 heavy (non-hydrogen) atoms. The number of nitro groups is 1. The first-order chi connectivity index (χ1) is 9.58. The number of hydrogen-bond acceptors (Lipinski definition) is 5. The zero-order chi connectivity index (χ0) is 16.0. The van der Waals surface area contributed by atoms with Crippen molar-refractivity contribution in [2.24, 2.45) is 5.92 Å². The summed E-state index contributed by atoms with van der Waals surface area (Å²) < 4.78 is 26.1. The molecule has 0 saturated carbocycles. The van der Waals surface area contributed by atoms with Crippen LogP contribution in [0.5, 0.6) is 0 Å². The summed E-state index contributed by atoms with van der Waals surface area (Å²) >= 11 is 0. The Bertz CT molecular complexity index is 678. The first kappa shape index (κ1) is 15.9. The van der Waals surface area contributed by atoms with Gasteiger partial charge in [0.15, 0.2) is 0 Å².